The molecule has 1 aromatic carbocycles. The number of aromatic nitrogens is 3. The molecule has 0 unspecified atom stereocenters. The zero-order valence-electron chi connectivity index (χ0n) is 16.1. The molecule has 1 aliphatic heterocycles. The molecule has 0 radical (unpaired) electrons. The van der Waals surface area contributed by atoms with Gasteiger partial charge in [-0.15, -0.1) is 5.10 Å². The van der Waals surface area contributed by atoms with Gasteiger partial charge >= 0.3 is 12.2 Å². The molecule has 3 heterocycles. The first-order chi connectivity index (χ1) is 14.4. The highest BCUT2D eigenvalue weighted by atomic mass is 19.4. The SMILES string of the molecule is Cc1cc(-c2nnc(NCC3=NC=CC3)o2)nc2c(C(F)(F)F)cc(C3CC3)cc12. The summed E-state index contributed by atoms with van der Waals surface area (Å²) in [5, 5.41) is 11.3. The molecule has 2 aromatic heterocycles. The van der Waals surface area contributed by atoms with Gasteiger partial charge in [-0.25, -0.2) is 4.98 Å². The van der Waals surface area contributed by atoms with Gasteiger partial charge in [0.25, 0.3) is 5.89 Å². The molecule has 0 bridgehead atoms. The molecule has 1 saturated carbocycles. The quantitative estimate of drug-likeness (QED) is 0.618. The van der Waals surface area contributed by atoms with Crippen LogP contribution in [0.5, 0.6) is 0 Å². The highest BCUT2D eigenvalue weighted by molar-refractivity contribution is 5.91. The number of pyridine rings is 1. The fraction of sp³-hybridized carbons (Fsp3) is 0.333. The zero-order chi connectivity index (χ0) is 20.9. The maximum Gasteiger partial charge on any atom is 0.418 e. The summed E-state index contributed by atoms with van der Waals surface area (Å²) >= 11 is 0. The summed E-state index contributed by atoms with van der Waals surface area (Å²) < 4.78 is 46.9. The number of hydrogen-bond donors (Lipinski definition) is 1. The van der Waals surface area contributed by atoms with Gasteiger partial charge < -0.3 is 9.73 Å². The molecule has 9 heteroatoms. The van der Waals surface area contributed by atoms with Crippen LogP contribution < -0.4 is 5.32 Å². The number of aryl methyl sites for hydroxylation is 1. The van der Waals surface area contributed by atoms with Crippen molar-refractivity contribution < 1.29 is 17.6 Å². The number of benzene rings is 1. The Bertz CT molecular complexity index is 1190. The molecule has 1 N–H and O–H groups in total. The molecule has 2 aliphatic rings. The number of fused-ring (bicyclic) bond motifs is 1. The van der Waals surface area contributed by atoms with E-state index >= 15 is 0 Å². The smallest absolute Gasteiger partial charge is 0.402 e. The van der Waals surface area contributed by atoms with Crippen molar-refractivity contribution in [2.24, 2.45) is 4.99 Å². The molecule has 0 spiro atoms. The lowest BCUT2D eigenvalue weighted by atomic mass is 9.98. The van der Waals surface area contributed by atoms with E-state index in [1.165, 1.54) is 6.07 Å². The number of rotatable bonds is 5. The van der Waals surface area contributed by atoms with Crippen LogP contribution in [0.1, 0.15) is 41.9 Å². The van der Waals surface area contributed by atoms with Gasteiger partial charge in [0.15, 0.2) is 0 Å². The van der Waals surface area contributed by atoms with E-state index in [0.717, 1.165) is 30.5 Å². The Morgan fingerprint density at radius 2 is 2.00 bits per heavy atom. The van der Waals surface area contributed by atoms with E-state index in [4.69, 9.17) is 4.42 Å². The first-order valence-electron chi connectivity index (χ1n) is 9.69. The van der Waals surface area contributed by atoms with Gasteiger partial charge in [-0.05, 0) is 55.0 Å². The lowest BCUT2D eigenvalue weighted by Crippen LogP contribution is -2.11. The molecular formula is C21H18F3N5O. The number of nitrogens with zero attached hydrogens (tertiary/aromatic N) is 4. The van der Waals surface area contributed by atoms with E-state index in [1.807, 2.05) is 12.1 Å². The Morgan fingerprint density at radius 3 is 2.70 bits per heavy atom. The summed E-state index contributed by atoms with van der Waals surface area (Å²) in [6.07, 6.45) is 1.76. The molecular weight excluding hydrogens is 395 g/mol. The second kappa shape index (κ2) is 6.93. The maximum absolute atomic E-state index is 13.8. The van der Waals surface area contributed by atoms with Crippen LogP contribution in [-0.4, -0.2) is 27.4 Å². The Morgan fingerprint density at radius 1 is 1.17 bits per heavy atom. The van der Waals surface area contributed by atoms with E-state index in [1.54, 1.807) is 19.2 Å². The molecule has 1 aliphatic carbocycles. The normalized spacial score (nSPS) is 16.3. The van der Waals surface area contributed by atoms with Crippen molar-refractivity contribution in [1.82, 2.24) is 15.2 Å². The highest BCUT2D eigenvalue weighted by Gasteiger charge is 2.36. The number of hydrogen-bond acceptors (Lipinski definition) is 6. The van der Waals surface area contributed by atoms with E-state index in [2.05, 4.69) is 25.5 Å². The van der Waals surface area contributed by atoms with Crippen LogP contribution in [0.3, 0.4) is 0 Å². The van der Waals surface area contributed by atoms with Gasteiger partial charge in [0, 0.05) is 23.7 Å². The predicted octanol–water partition coefficient (Wildman–Crippen LogP) is 5.26. The summed E-state index contributed by atoms with van der Waals surface area (Å²) in [7, 11) is 0. The zero-order valence-corrected chi connectivity index (χ0v) is 16.1. The number of anilines is 1. The Kier molecular flexibility index (Phi) is 4.34. The van der Waals surface area contributed by atoms with Crippen LogP contribution in [0.25, 0.3) is 22.5 Å². The van der Waals surface area contributed by atoms with Crippen molar-refractivity contribution in [3.05, 3.63) is 47.2 Å². The number of allylic oxidation sites excluding steroid dienone is 1. The van der Waals surface area contributed by atoms with Crippen molar-refractivity contribution >= 4 is 22.6 Å². The van der Waals surface area contributed by atoms with Gasteiger partial charge in [-0.3, -0.25) is 4.99 Å². The monoisotopic (exact) mass is 413 g/mol. The third kappa shape index (κ3) is 3.55. The third-order valence-corrected chi connectivity index (χ3v) is 5.30. The highest BCUT2D eigenvalue weighted by Crippen LogP contribution is 2.45. The molecule has 3 aromatic rings. The van der Waals surface area contributed by atoms with Crippen LogP contribution in [0, 0.1) is 6.92 Å². The topological polar surface area (TPSA) is 76.2 Å². The second-order valence-corrected chi connectivity index (χ2v) is 7.61. The fourth-order valence-corrected chi connectivity index (χ4v) is 3.58. The fourth-order valence-electron chi connectivity index (χ4n) is 3.58. The van der Waals surface area contributed by atoms with E-state index < -0.39 is 11.7 Å². The van der Waals surface area contributed by atoms with E-state index in [0.29, 0.717) is 17.5 Å². The number of aliphatic imine (C=N–C) groups is 1. The van der Waals surface area contributed by atoms with Crippen molar-refractivity contribution in [2.75, 3.05) is 11.9 Å². The van der Waals surface area contributed by atoms with Crippen LogP contribution >= 0.6 is 0 Å². The standard InChI is InChI=1S/C21H18F3N5O/c1-11-7-17(19-28-29-20(30-19)26-10-14-3-2-6-25-14)27-18-15(11)8-13(12-4-5-12)9-16(18)21(22,23)24/h2,6-9,12H,3-5,10H2,1H3,(H,26,29). The van der Waals surface area contributed by atoms with E-state index in [-0.39, 0.29) is 29.0 Å². The van der Waals surface area contributed by atoms with E-state index in [9.17, 15) is 13.2 Å². The van der Waals surface area contributed by atoms with Crippen molar-refractivity contribution in [3.63, 3.8) is 0 Å². The Hall–Kier alpha value is -3.23. The lowest BCUT2D eigenvalue weighted by Gasteiger charge is -2.14. The molecule has 0 amide bonds. The molecule has 0 atom stereocenters. The van der Waals surface area contributed by atoms with Crippen LogP contribution in [0.15, 0.2) is 39.9 Å². The molecule has 5 rings (SSSR count). The third-order valence-electron chi connectivity index (χ3n) is 5.30. The van der Waals surface area contributed by atoms with Gasteiger partial charge in [-0.2, -0.15) is 13.2 Å². The molecule has 30 heavy (non-hydrogen) atoms. The van der Waals surface area contributed by atoms with Crippen LogP contribution in [0.4, 0.5) is 19.2 Å². The van der Waals surface area contributed by atoms with Crippen molar-refractivity contribution in [2.45, 2.75) is 38.3 Å². The number of halogens is 3. The molecule has 1 fully saturated rings. The van der Waals surface area contributed by atoms with Crippen LogP contribution in [-0.2, 0) is 6.18 Å². The summed E-state index contributed by atoms with van der Waals surface area (Å²) in [5.74, 6) is 0.271. The number of alkyl halides is 3. The lowest BCUT2D eigenvalue weighted by molar-refractivity contribution is -0.136. The first-order valence-corrected chi connectivity index (χ1v) is 9.69. The van der Waals surface area contributed by atoms with Gasteiger partial charge in [0.1, 0.15) is 5.69 Å². The van der Waals surface area contributed by atoms with Crippen molar-refractivity contribution in [1.29, 1.82) is 0 Å². The Balaban J connectivity index is 1.52. The molecule has 154 valence electrons. The molecule has 6 nitrogen and oxygen atoms in total. The minimum absolute atomic E-state index is 0.0633. The second-order valence-electron chi connectivity index (χ2n) is 7.61. The average Bonchev–Trinajstić information content (AvgIpc) is 3.22. The predicted molar refractivity (Wildman–Crippen MR) is 106 cm³/mol. The minimum atomic E-state index is -4.50. The first kappa shape index (κ1) is 18.8. The Labute approximate surface area is 169 Å². The maximum atomic E-state index is 13.8. The summed E-state index contributed by atoms with van der Waals surface area (Å²) in [6, 6.07) is 4.90. The average molecular weight is 413 g/mol. The van der Waals surface area contributed by atoms with Gasteiger partial charge in [0.05, 0.1) is 17.6 Å². The molecule has 0 saturated heterocycles. The van der Waals surface area contributed by atoms with Crippen LogP contribution in [0.2, 0.25) is 0 Å². The summed E-state index contributed by atoms with van der Waals surface area (Å²) in [6.45, 7) is 2.21. The minimum Gasteiger partial charge on any atom is -0.402 e. The number of nitrogens with one attached hydrogen (secondary N) is 1. The van der Waals surface area contributed by atoms with Gasteiger partial charge in [-0.1, -0.05) is 11.2 Å². The largest absolute Gasteiger partial charge is 0.418 e. The van der Waals surface area contributed by atoms with Crippen molar-refractivity contribution in [3.8, 4) is 11.6 Å². The van der Waals surface area contributed by atoms with Gasteiger partial charge in [0.2, 0.25) is 0 Å². The summed E-state index contributed by atoms with van der Waals surface area (Å²) in [4.78, 5) is 8.45. The summed E-state index contributed by atoms with van der Waals surface area (Å²) in [5.41, 5.74) is 1.72.